The zero-order valence-electron chi connectivity index (χ0n) is 10.2. The topological polar surface area (TPSA) is 42.2 Å². The molecule has 0 aliphatic carbocycles. The second-order valence-corrected chi connectivity index (χ2v) is 5.42. The molecule has 0 aliphatic rings. The first-order valence-electron chi connectivity index (χ1n) is 5.86. The third-order valence-corrected chi connectivity index (χ3v) is 3.71. The molecule has 0 unspecified atom stereocenters. The summed E-state index contributed by atoms with van der Waals surface area (Å²) in [5.41, 5.74) is 0.372. The van der Waals surface area contributed by atoms with E-state index in [0.717, 1.165) is 15.8 Å². The van der Waals surface area contributed by atoms with Crippen LogP contribution >= 0.6 is 11.3 Å². The minimum atomic E-state index is -0.270. The van der Waals surface area contributed by atoms with Crippen LogP contribution < -0.4 is 10.9 Å². The van der Waals surface area contributed by atoms with E-state index in [1.165, 1.54) is 0 Å². The number of fused-ring (bicyclic) bond motifs is 3. The number of anilines is 1. The first-order chi connectivity index (χ1) is 8.66. The van der Waals surface area contributed by atoms with Crippen LogP contribution in [-0.2, 0) is 0 Å². The van der Waals surface area contributed by atoms with Gasteiger partial charge >= 0.3 is 5.63 Å². The van der Waals surface area contributed by atoms with Gasteiger partial charge in [-0.2, -0.15) is 0 Å². The molecule has 1 N–H and O–H groups in total. The molecular weight excluding hydrogens is 246 g/mol. The van der Waals surface area contributed by atoms with Gasteiger partial charge in [-0.15, -0.1) is 11.3 Å². The molecule has 0 saturated carbocycles. The van der Waals surface area contributed by atoms with Crippen LogP contribution in [0.15, 0.2) is 38.9 Å². The number of hydrogen-bond donors (Lipinski definition) is 1. The summed E-state index contributed by atoms with van der Waals surface area (Å²) in [5, 5.41) is 8.81. The van der Waals surface area contributed by atoms with Crippen molar-refractivity contribution in [3.8, 4) is 0 Å². The van der Waals surface area contributed by atoms with E-state index in [1.807, 2.05) is 43.5 Å². The lowest BCUT2D eigenvalue weighted by Crippen LogP contribution is -2.10. The molecule has 0 amide bonds. The second-order valence-electron chi connectivity index (χ2n) is 4.54. The Morgan fingerprint density at radius 2 is 2.00 bits per heavy atom. The predicted molar refractivity (Wildman–Crippen MR) is 76.6 cm³/mol. The van der Waals surface area contributed by atoms with Crippen LogP contribution in [0.1, 0.15) is 13.8 Å². The fourth-order valence-corrected chi connectivity index (χ4v) is 3.15. The van der Waals surface area contributed by atoms with Crippen molar-refractivity contribution in [2.24, 2.45) is 0 Å². The van der Waals surface area contributed by atoms with Gasteiger partial charge < -0.3 is 9.73 Å². The highest BCUT2D eigenvalue weighted by atomic mass is 32.1. The lowest BCUT2D eigenvalue weighted by Gasteiger charge is -2.07. The van der Waals surface area contributed by atoms with Crippen molar-refractivity contribution in [3.63, 3.8) is 0 Å². The summed E-state index contributed by atoms with van der Waals surface area (Å²) >= 11 is 1.55. The van der Waals surface area contributed by atoms with Gasteiger partial charge in [0.1, 0.15) is 16.0 Å². The van der Waals surface area contributed by atoms with Crippen molar-refractivity contribution in [3.05, 3.63) is 40.1 Å². The Morgan fingerprint density at radius 3 is 2.78 bits per heavy atom. The minimum Gasteiger partial charge on any atom is -0.422 e. The Kier molecular flexibility index (Phi) is 2.59. The van der Waals surface area contributed by atoms with Gasteiger partial charge in [-0.25, -0.2) is 4.79 Å². The highest BCUT2D eigenvalue weighted by Crippen LogP contribution is 2.33. The van der Waals surface area contributed by atoms with Crippen LogP contribution in [0.25, 0.3) is 21.7 Å². The standard InChI is InChI=1S/C14H13NO2S/c1-8(2)15-13-12-10(7-18-13)9-5-3-4-6-11(9)17-14(12)16/h3-8,15H,1-2H3. The van der Waals surface area contributed by atoms with E-state index >= 15 is 0 Å². The molecule has 0 saturated heterocycles. The van der Waals surface area contributed by atoms with Crippen molar-refractivity contribution in [2.45, 2.75) is 19.9 Å². The van der Waals surface area contributed by atoms with Crippen molar-refractivity contribution in [1.29, 1.82) is 0 Å². The summed E-state index contributed by atoms with van der Waals surface area (Å²) in [6.45, 7) is 4.10. The van der Waals surface area contributed by atoms with Crippen molar-refractivity contribution < 1.29 is 4.42 Å². The van der Waals surface area contributed by atoms with Crippen LogP contribution in [-0.4, -0.2) is 6.04 Å². The Bertz CT molecular complexity index is 770. The quantitative estimate of drug-likeness (QED) is 0.711. The van der Waals surface area contributed by atoms with E-state index in [0.29, 0.717) is 11.0 Å². The summed E-state index contributed by atoms with van der Waals surface area (Å²) in [6, 6.07) is 7.92. The van der Waals surface area contributed by atoms with Crippen LogP contribution in [0.5, 0.6) is 0 Å². The zero-order chi connectivity index (χ0) is 12.7. The molecule has 2 aromatic heterocycles. The molecule has 2 heterocycles. The van der Waals surface area contributed by atoms with Gasteiger partial charge in [-0.3, -0.25) is 0 Å². The highest BCUT2D eigenvalue weighted by molar-refractivity contribution is 7.16. The molecule has 0 fully saturated rings. The normalized spacial score (nSPS) is 11.5. The molecule has 0 bridgehead atoms. The molecule has 4 heteroatoms. The lowest BCUT2D eigenvalue weighted by molar-refractivity contribution is 0.570. The summed E-state index contributed by atoms with van der Waals surface area (Å²) in [7, 11) is 0. The van der Waals surface area contributed by atoms with Gasteiger partial charge in [0, 0.05) is 22.2 Å². The monoisotopic (exact) mass is 259 g/mol. The molecule has 0 atom stereocenters. The largest absolute Gasteiger partial charge is 0.422 e. The fourth-order valence-electron chi connectivity index (χ4n) is 2.06. The Hall–Kier alpha value is -1.81. The highest BCUT2D eigenvalue weighted by Gasteiger charge is 2.13. The molecular formula is C14H13NO2S. The Labute approximate surface area is 108 Å². The van der Waals surface area contributed by atoms with Crippen LogP contribution in [0.3, 0.4) is 0 Å². The van der Waals surface area contributed by atoms with Crippen LogP contribution in [0, 0.1) is 0 Å². The summed E-state index contributed by atoms with van der Waals surface area (Å²) in [6.07, 6.45) is 0. The predicted octanol–water partition coefficient (Wildman–Crippen LogP) is 3.83. The maximum Gasteiger partial charge on any atom is 0.347 e. The van der Waals surface area contributed by atoms with E-state index in [2.05, 4.69) is 5.32 Å². The Morgan fingerprint density at radius 1 is 1.22 bits per heavy atom. The fraction of sp³-hybridized carbons (Fsp3) is 0.214. The molecule has 0 aliphatic heterocycles. The first-order valence-corrected chi connectivity index (χ1v) is 6.74. The third-order valence-electron chi connectivity index (χ3n) is 2.79. The van der Waals surface area contributed by atoms with Crippen LogP contribution in [0.2, 0.25) is 0 Å². The molecule has 92 valence electrons. The number of rotatable bonds is 2. The molecule has 18 heavy (non-hydrogen) atoms. The zero-order valence-corrected chi connectivity index (χ0v) is 11.0. The Balaban J connectivity index is 2.39. The molecule has 0 spiro atoms. The SMILES string of the molecule is CC(C)Nc1scc2c1c(=O)oc1ccccc12. The van der Waals surface area contributed by atoms with E-state index in [9.17, 15) is 4.79 Å². The summed E-state index contributed by atoms with van der Waals surface area (Å²) in [5.74, 6) is 0. The van der Waals surface area contributed by atoms with E-state index in [1.54, 1.807) is 11.3 Å². The van der Waals surface area contributed by atoms with E-state index in [-0.39, 0.29) is 11.7 Å². The average Bonchev–Trinajstić information content (AvgIpc) is 2.73. The number of benzene rings is 1. The maximum absolute atomic E-state index is 12.1. The molecule has 3 rings (SSSR count). The number of para-hydroxylation sites is 1. The molecule has 1 aromatic carbocycles. The van der Waals surface area contributed by atoms with E-state index in [4.69, 9.17) is 4.42 Å². The van der Waals surface area contributed by atoms with Crippen molar-refractivity contribution in [2.75, 3.05) is 5.32 Å². The van der Waals surface area contributed by atoms with E-state index < -0.39 is 0 Å². The van der Waals surface area contributed by atoms with Crippen LogP contribution in [0.4, 0.5) is 5.00 Å². The molecule has 3 aromatic rings. The number of hydrogen-bond acceptors (Lipinski definition) is 4. The average molecular weight is 259 g/mol. The van der Waals surface area contributed by atoms with Gasteiger partial charge in [-0.05, 0) is 19.9 Å². The second kappa shape index (κ2) is 4.14. The van der Waals surface area contributed by atoms with Gasteiger partial charge in [-0.1, -0.05) is 18.2 Å². The summed E-state index contributed by atoms with van der Waals surface area (Å²) in [4.78, 5) is 12.1. The maximum atomic E-state index is 12.1. The van der Waals surface area contributed by atoms with Gasteiger partial charge in [0.05, 0.1) is 0 Å². The van der Waals surface area contributed by atoms with Gasteiger partial charge in [0.2, 0.25) is 0 Å². The van der Waals surface area contributed by atoms with Gasteiger partial charge in [0.25, 0.3) is 0 Å². The third kappa shape index (κ3) is 1.69. The minimum absolute atomic E-state index is 0.270. The summed E-state index contributed by atoms with van der Waals surface area (Å²) < 4.78 is 5.37. The molecule has 0 radical (unpaired) electrons. The smallest absolute Gasteiger partial charge is 0.347 e. The number of nitrogens with one attached hydrogen (secondary N) is 1. The molecule has 3 nitrogen and oxygen atoms in total. The van der Waals surface area contributed by atoms with Crippen molar-refractivity contribution >= 4 is 38.1 Å². The number of thiophene rings is 1. The lowest BCUT2D eigenvalue weighted by atomic mass is 10.1. The first kappa shape index (κ1) is 11.3. The van der Waals surface area contributed by atoms with Crippen molar-refractivity contribution in [1.82, 2.24) is 0 Å². The van der Waals surface area contributed by atoms with Gasteiger partial charge in [0.15, 0.2) is 0 Å².